The quantitative estimate of drug-likeness (QED) is 0.484. The molecule has 3 saturated carbocycles. The monoisotopic (exact) mass is 290 g/mol. The molecule has 0 spiro atoms. The first-order chi connectivity index (χ1) is 10.1. The highest BCUT2D eigenvalue weighted by atomic mass is 14.6. The van der Waals surface area contributed by atoms with Crippen LogP contribution in [0, 0.1) is 22.7 Å². The third kappa shape index (κ3) is 1.43. The summed E-state index contributed by atoms with van der Waals surface area (Å²) in [7, 11) is 0. The van der Waals surface area contributed by atoms with Crippen molar-refractivity contribution >= 4 is 0 Å². The molecule has 0 aromatic rings. The SMILES string of the molecule is C=C1CC2C3C(=C)C(=C)C(=C)C(=C)C3(C)C(=C)CC2(C)C1=C. The van der Waals surface area contributed by atoms with Gasteiger partial charge in [-0.15, -0.1) is 0 Å². The van der Waals surface area contributed by atoms with Gasteiger partial charge in [-0.3, -0.25) is 0 Å². The summed E-state index contributed by atoms with van der Waals surface area (Å²) in [5.41, 5.74) is 7.48. The second-order valence-electron chi connectivity index (χ2n) is 7.73. The van der Waals surface area contributed by atoms with E-state index in [-0.39, 0.29) is 16.7 Å². The van der Waals surface area contributed by atoms with Gasteiger partial charge in [-0.05, 0) is 52.0 Å². The molecule has 3 rings (SSSR count). The van der Waals surface area contributed by atoms with Crippen molar-refractivity contribution in [2.75, 3.05) is 0 Å². The molecular weight excluding hydrogens is 264 g/mol. The van der Waals surface area contributed by atoms with Gasteiger partial charge in [-0.2, -0.15) is 0 Å². The molecule has 114 valence electrons. The van der Waals surface area contributed by atoms with Gasteiger partial charge in [0.1, 0.15) is 0 Å². The van der Waals surface area contributed by atoms with E-state index in [0.29, 0.717) is 5.92 Å². The summed E-state index contributed by atoms with van der Waals surface area (Å²) in [5, 5.41) is 0. The van der Waals surface area contributed by atoms with Crippen molar-refractivity contribution in [3.05, 3.63) is 85.1 Å². The maximum Gasteiger partial charge on any atom is 0.0202 e. The van der Waals surface area contributed by atoms with Crippen molar-refractivity contribution in [1.82, 2.24) is 0 Å². The Kier molecular flexibility index (Phi) is 2.83. The second kappa shape index (κ2) is 4.13. The maximum absolute atomic E-state index is 4.44. The topological polar surface area (TPSA) is 0 Å². The highest BCUT2D eigenvalue weighted by molar-refractivity contribution is 5.64. The van der Waals surface area contributed by atoms with Crippen molar-refractivity contribution in [2.24, 2.45) is 22.7 Å². The van der Waals surface area contributed by atoms with E-state index in [4.69, 9.17) is 0 Å². The van der Waals surface area contributed by atoms with Gasteiger partial charge in [-0.25, -0.2) is 0 Å². The Balaban J connectivity index is 2.24. The van der Waals surface area contributed by atoms with Crippen LogP contribution in [0.25, 0.3) is 0 Å². The minimum absolute atomic E-state index is 0.0283. The van der Waals surface area contributed by atoms with Crippen LogP contribution in [0.1, 0.15) is 26.7 Å². The van der Waals surface area contributed by atoms with Gasteiger partial charge >= 0.3 is 0 Å². The Morgan fingerprint density at radius 3 is 2.05 bits per heavy atom. The van der Waals surface area contributed by atoms with Gasteiger partial charge in [0.05, 0.1) is 0 Å². The predicted octanol–water partition coefficient (Wildman–Crippen LogP) is 5.95. The van der Waals surface area contributed by atoms with Crippen LogP contribution < -0.4 is 0 Å². The molecule has 0 aliphatic heterocycles. The lowest BCUT2D eigenvalue weighted by molar-refractivity contribution is 0.0898. The molecule has 3 aliphatic carbocycles. The molecule has 0 aromatic carbocycles. The summed E-state index contributed by atoms with van der Waals surface area (Å²) >= 11 is 0. The zero-order valence-electron chi connectivity index (χ0n) is 14.0. The summed E-state index contributed by atoms with van der Waals surface area (Å²) in [6, 6.07) is 0. The molecule has 0 amide bonds. The third-order valence-corrected chi connectivity index (χ3v) is 6.86. The van der Waals surface area contributed by atoms with E-state index in [1.54, 1.807) is 0 Å². The average Bonchev–Trinajstić information content (AvgIpc) is 2.67. The second-order valence-corrected chi connectivity index (χ2v) is 7.73. The van der Waals surface area contributed by atoms with Gasteiger partial charge < -0.3 is 0 Å². The first kappa shape index (κ1) is 15.1. The van der Waals surface area contributed by atoms with Crippen molar-refractivity contribution in [3.8, 4) is 0 Å². The summed E-state index contributed by atoms with van der Waals surface area (Å²) in [4.78, 5) is 0. The van der Waals surface area contributed by atoms with E-state index in [2.05, 4.69) is 59.9 Å². The number of hydrogen-bond donors (Lipinski definition) is 0. The van der Waals surface area contributed by atoms with Crippen LogP contribution in [-0.4, -0.2) is 0 Å². The third-order valence-electron chi connectivity index (χ3n) is 6.86. The van der Waals surface area contributed by atoms with E-state index >= 15 is 0 Å². The summed E-state index contributed by atoms with van der Waals surface area (Å²) in [6.45, 7) is 34.7. The fraction of sp³-hybridized carbons (Fsp3) is 0.364. The molecule has 0 heterocycles. The largest absolute Gasteiger partial charge is 0.0989 e. The molecule has 0 radical (unpaired) electrons. The van der Waals surface area contributed by atoms with Gasteiger partial charge in [0.15, 0.2) is 0 Å². The van der Waals surface area contributed by atoms with Crippen LogP contribution in [0.2, 0.25) is 0 Å². The van der Waals surface area contributed by atoms with E-state index in [9.17, 15) is 0 Å². The number of allylic oxidation sites excluding steroid dienone is 7. The minimum Gasteiger partial charge on any atom is -0.0989 e. The molecule has 4 unspecified atom stereocenters. The van der Waals surface area contributed by atoms with Gasteiger partial charge in [-0.1, -0.05) is 71.0 Å². The van der Waals surface area contributed by atoms with Gasteiger partial charge in [0, 0.05) is 11.3 Å². The van der Waals surface area contributed by atoms with Crippen molar-refractivity contribution < 1.29 is 0 Å². The van der Waals surface area contributed by atoms with Crippen LogP contribution in [0.5, 0.6) is 0 Å². The fourth-order valence-corrected chi connectivity index (χ4v) is 5.08. The first-order valence-electron chi connectivity index (χ1n) is 7.89. The van der Waals surface area contributed by atoms with Crippen molar-refractivity contribution in [3.63, 3.8) is 0 Å². The summed E-state index contributed by atoms with van der Waals surface area (Å²) in [5.74, 6) is 0.706. The molecule has 0 nitrogen and oxygen atoms in total. The molecule has 0 heteroatoms. The molecule has 4 atom stereocenters. The molecular formula is C22H26. The minimum atomic E-state index is -0.176. The van der Waals surface area contributed by atoms with Crippen LogP contribution >= 0.6 is 0 Å². The van der Waals surface area contributed by atoms with E-state index < -0.39 is 0 Å². The lowest BCUT2D eigenvalue weighted by atomic mass is 9.45. The van der Waals surface area contributed by atoms with Crippen LogP contribution in [0.15, 0.2) is 85.1 Å². The lowest BCUT2D eigenvalue weighted by Gasteiger charge is -2.58. The van der Waals surface area contributed by atoms with Gasteiger partial charge in [0.2, 0.25) is 0 Å². The van der Waals surface area contributed by atoms with Crippen LogP contribution in [-0.2, 0) is 0 Å². The highest BCUT2D eigenvalue weighted by Gasteiger charge is 2.60. The normalized spacial score (nSPS) is 41.8. The molecule has 0 bridgehead atoms. The Bertz CT molecular complexity index is 710. The molecule has 3 fully saturated rings. The standard InChI is InChI=1S/C22H26/c1-12-10-19-20-16(5)14(3)15(4)18(7)22(20,9)13(2)11-21(19,8)17(12)6/h19-20H,1-7,10-11H2,8-9H3. The van der Waals surface area contributed by atoms with E-state index in [1.165, 1.54) is 16.7 Å². The van der Waals surface area contributed by atoms with Crippen LogP contribution in [0.3, 0.4) is 0 Å². The zero-order chi connectivity index (χ0) is 16.6. The molecule has 0 N–H and O–H groups in total. The zero-order valence-corrected chi connectivity index (χ0v) is 14.0. The summed E-state index contributed by atoms with van der Waals surface area (Å²) < 4.78 is 0. The number of hydrogen-bond acceptors (Lipinski definition) is 0. The molecule has 0 saturated heterocycles. The number of fused-ring (bicyclic) bond motifs is 3. The molecule has 3 aliphatic rings. The van der Waals surface area contributed by atoms with Gasteiger partial charge in [0.25, 0.3) is 0 Å². The fourth-order valence-electron chi connectivity index (χ4n) is 5.08. The van der Waals surface area contributed by atoms with E-state index in [1.807, 2.05) is 0 Å². The van der Waals surface area contributed by atoms with Crippen molar-refractivity contribution in [2.45, 2.75) is 26.7 Å². The first-order valence-corrected chi connectivity index (χ1v) is 7.89. The van der Waals surface area contributed by atoms with Crippen LogP contribution in [0.4, 0.5) is 0 Å². The summed E-state index contributed by atoms with van der Waals surface area (Å²) in [6.07, 6.45) is 1.92. The smallest absolute Gasteiger partial charge is 0.0202 e. The Labute approximate surface area is 135 Å². The molecule has 0 aromatic heterocycles. The Morgan fingerprint density at radius 1 is 0.864 bits per heavy atom. The van der Waals surface area contributed by atoms with Crippen molar-refractivity contribution in [1.29, 1.82) is 0 Å². The maximum atomic E-state index is 4.44. The average molecular weight is 290 g/mol. The van der Waals surface area contributed by atoms with E-state index in [0.717, 1.165) is 35.1 Å². The Hall–Kier alpha value is -1.82. The molecule has 22 heavy (non-hydrogen) atoms. The highest BCUT2D eigenvalue weighted by Crippen LogP contribution is 2.70. The number of rotatable bonds is 0. The lowest BCUT2D eigenvalue weighted by Crippen LogP contribution is -2.50. The predicted molar refractivity (Wildman–Crippen MR) is 96.4 cm³/mol. The Morgan fingerprint density at radius 2 is 1.45 bits per heavy atom.